The molecular formula is C17H16ClN3O4. The topological polar surface area (TPSA) is 103 Å². The number of nitrogens with zero attached hydrogens (tertiary/aromatic N) is 1. The Hall–Kier alpha value is -3.06. The number of ether oxygens (including phenoxy) is 2. The van der Waals surface area contributed by atoms with Crippen LogP contribution < -0.4 is 20.6 Å². The van der Waals surface area contributed by atoms with E-state index in [-0.39, 0.29) is 13.2 Å². The highest BCUT2D eigenvalue weighted by molar-refractivity contribution is 6.32. The van der Waals surface area contributed by atoms with Crippen LogP contribution in [0.4, 0.5) is 0 Å². The van der Waals surface area contributed by atoms with Crippen molar-refractivity contribution in [3.63, 3.8) is 0 Å². The van der Waals surface area contributed by atoms with Gasteiger partial charge >= 0.3 is 0 Å². The van der Waals surface area contributed by atoms with E-state index < -0.39 is 11.8 Å². The van der Waals surface area contributed by atoms with Crippen molar-refractivity contribution in [1.29, 1.82) is 0 Å². The van der Waals surface area contributed by atoms with Gasteiger partial charge in [-0.3, -0.25) is 9.59 Å². The first-order chi connectivity index (χ1) is 12.1. The summed E-state index contributed by atoms with van der Waals surface area (Å²) in [5.41, 5.74) is 7.95. The maximum atomic E-state index is 11.7. The number of nitrogens with one attached hydrogen (secondary N) is 1. The fourth-order valence-corrected chi connectivity index (χ4v) is 1.97. The van der Waals surface area contributed by atoms with Gasteiger partial charge < -0.3 is 15.2 Å². The lowest BCUT2D eigenvalue weighted by molar-refractivity contribution is -0.123. The average Bonchev–Trinajstić information content (AvgIpc) is 2.60. The minimum absolute atomic E-state index is 0.235. The van der Waals surface area contributed by atoms with E-state index in [1.54, 1.807) is 48.5 Å². The Morgan fingerprint density at radius 3 is 2.40 bits per heavy atom. The number of rotatable bonds is 8. The lowest BCUT2D eigenvalue weighted by Gasteiger charge is -2.07. The van der Waals surface area contributed by atoms with Gasteiger partial charge in [0.25, 0.3) is 11.8 Å². The highest BCUT2D eigenvalue weighted by atomic mass is 35.5. The molecule has 2 aromatic carbocycles. The van der Waals surface area contributed by atoms with E-state index in [9.17, 15) is 9.59 Å². The molecule has 2 amide bonds. The molecule has 0 aliphatic heterocycles. The number of carbonyl (C=O) groups excluding carboxylic acids is 2. The van der Waals surface area contributed by atoms with Crippen LogP contribution in [0.1, 0.15) is 5.56 Å². The molecule has 7 nitrogen and oxygen atoms in total. The number of carbonyl (C=O) groups is 2. The van der Waals surface area contributed by atoms with Crippen LogP contribution in [0.5, 0.6) is 11.5 Å². The Morgan fingerprint density at radius 2 is 1.68 bits per heavy atom. The zero-order valence-corrected chi connectivity index (χ0v) is 13.9. The van der Waals surface area contributed by atoms with Gasteiger partial charge in [0.05, 0.1) is 11.2 Å². The van der Waals surface area contributed by atoms with Crippen LogP contribution in [0.3, 0.4) is 0 Å². The second-order valence-electron chi connectivity index (χ2n) is 4.81. The summed E-state index contributed by atoms with van der Waals surface area (Å²) in [6.07, 6.45) is 1.39. The predicted octanol–water partition coefficient (Wildman–Crippen LogP) is 1.73. The van der Waals surface area contributed by atoms with Crippen molar-refractivity contribution >= 4 is 29.6 Å². The van der Waals surface area contributed by atoms with Crippen LogP contribution >= 0.6 is 11.6 Å². The molecule has 0 heterocycles. The van der Waals surface area contributed by atoms with Gasteiger partial charge in [-0.05, 0) is 24.3 Å². The summed E-state index contributed by atoms with van der Waals surface area (Å²) in [6, 6.07) is 13.7. The molecule has 0 unspecified atom stereocenters. The summed E-state index contributed by atoms with van der Waals surface area (Å²) in [4.78, 5) is 22.5. The van der Waals surface area contributed by atoms with Crippen LogP contribution in [0, 0.1) is 0 Å². The fourth-order valence-electron chi connectivity index (χ4n) is 1.78. The second-order valence-corrected chi connectivity index (χ2v) is 5.21. The maximum absolute atomic E-state index is 11.7. The number of hydrogen-bond acceptors (Lipinski definition) is 5. The van der Waals surface area contributed by atoms with Crippen molar-refractivity contribution in [1.82, 2.24) is 5.43 Å². The fraction of sp³-hybridized carbons (Fsp3) is 0.118. The summed E-state index contributed by atoms with van der Waals surface area (Å²) in [5, 5.41) is 4.25. The molecule has 0 bridgehead atoms. The second kappa shape index (κ2) is 9.29. The molecule has 2 rings (SSSR count). The zero-order valence-electron chi connectivity index (χ0n) is 13.1. The van der Waals surface area contributed by atoms with Gasteiger partial charge in [-0.15, -0.1) is 0 Å². The van der Waals surface area contributed by atoms with Gasteiger partial charge in [-0.2, -0.15) is 5.10 Å². The zero-order chi connectivity index (χ0) is 18.1. The van der Waals surface area contributed by atoms with Crippen molar-refractivity contribution in [2.75, 3.05) is 13.2 Å². The van der Waals surface area contributed by atoms with Gasteiger partial charge in [0.1, 0.15) is 11.5 Å². The Kier molecular flexibility index (Phi) is 6.79. The summed E-state index contributed by atoms with van der Waals surface area (Å²) in [7, 11) is 0. The number of para-hydroxylation sites is 2. The van der Waals surface area contributed by atoms with Crippen molar-refractivity contribution in [3.05, 3.63) is 59.1 Å². The third-order valence-electron chi connectivity index (χ3n) is 2.88. The number of halogens is 1. The number of hydrogen-bond donors (Lipinski definition) is 2. The number of nitrogens with two attached hydrogens (primary N) is 1. The summed E-state index contributed by atoms with van der Waals surface area (Å²) in [6.45, 7) is -0.482. The minimum atomic E-state index is -0.586. The molecule has 3 N–H and O–H groups in total. The molecule has 0 radical (unpaired) electrons. The molecule has 2 aromatic rings. The molecule has 130 valence electrons. The highest BCUT2D eigenvalue weighted by Gasteiger charge is 2.05. The number of primary amides is 1. The molecule has 0 aromatic heterocycles. The molecule has 0 saturated carbocycles. The van der Waals surface area contributed by atoms with E-state index >= 15 is 0 Å². The summed E-state index contributed by atoms with van der Waals surface area (Å²) < 4.78 is 10.6. The van der Waals surface area contributed by atoms with Crippen molar-refractivity contribution in [2.24, 2.45) is 10.8 Å². The van der Waals surface area contributed by atoms with Crippen molar-refractivity contribution in [2.45, 2.75) is 0 Å². The SMILES string of the molecule is NC(=O)COc1ccccc1/C=N\NC(=O)COc1ccccc1Cl. The quantitative estimate of drug-likeness (QED) is 0.552. The molecule has 25 heavy (non-hydrogen) atoms. The van der Waals surface area contributed by atoms with Crippen LogP contribution in [-0.2, 0) is 9.59 Å². The number of hydrazone groups is 1. The Labute approximate surface area is 149 Å². The molecule has 0 atom stereocenters. The smallest absolute Gasteiger partial charge is 0.277 e. The van der Waals surface area contributed by atoms with E-state index in [0.717, 1.165) is 0 Å². The standard InChI is InChI=1S/C17H16ClN3O4/c18-13-6-2-4-8-15(13)25-11-17(23)21-20-9-12-5-1-3-7-14(12)24-10-16(19)22/h1-9H,10-11H2,(H2,19,22)(H,21,23)/b20-9-. The first-order valence-electron chi connectivity index (χ1n) is 7.25. The molecule has 8 heteroatoms. The lowest BCUT2D eigenvalue weighted by Crippen LogP contribution is -2.24. The van der Waals surface area contributed by atoms with Gasteiger partial charge in [0.2, 0.25) is 0 Å². The molecular weight excluding hydrogens is 346 g/mol. The minimum Gasteiger partial charge on any atom is -0.483 e. The van der Waals surface area contributed by atoms with Crippen LogP contribution in [0.15, 0.2) is 53.6 Å². The van der Waals surface area contributed by atoms with E-state index in [1.807, 2.05) is 0 Å². The van der Waals surface area contributed by atoms with Crippen LogP contribution in [0.25, 0.3) is 0 Å². The third-order valence-corrected chi connectivity index (χ3v) is 3.19. The van der Waals surface area contributed by atoms with E-state index in [4.69, 9.17) is 26.8 Å². The molecule has 0 spiro atoms. The Balaban J connectivity index is 1.87. The first kappa shape index (κ1) is 18.3. The van der Waals surface area contributed by atoms with E-state index in [1.165, 1.54) is 6.21 Å². The van der Waals surface area contributed by atoms with Gasteiger partial charge in [-0.1, -0.05) is 35.9 Å². The van der Waals surface area contributed by atoms with Crippen LogP contribution in [0.2, 0.25) is 5.02 Å². The van der Waals surface area contributed by atoms with Crippen LogP contribution in [-0.4, -0.2) is 31.2 Å². The largest absolute Gasteiger partial charge is 0.483 e. The maximum Gasteiger partial charge on any atom is 0.277 e. The van der Waals surface area contributed by atoms with Crippen molar-refractivity contribution < 1.29 is 19.1 Å². The highest BCUT2D eigenvalue weighted by Crippen LogP contribution is 2.22. The van der Waals surface area contributed by atoms with Crippen molar-refractivity contribution in [3.8, 4) is 11.5 Å². The molecule has 0 aliphatic carbocycles. The van der Waals surface area contributed by atoms with E-state index in [0.29, 0.717) is 22.1 Å². The third kappa shape index (κ3) is 6.15. The summed E-state index contributed by atoms with van der Waals surface area (Å²) >= 11 is 5.93. The average molecular weight is 362 g/mol. The Morgan fingerprint density at radius 1 is 1.04 bits per heavy atom. The van der Waals surface area contributed by atoms with Gasteiger partial charge in [-0.25, -0.2) is 5.43 Å². The molecule has 0 fully saturated rings. The Bertz CT molecular complexity index is 780. The lowest BCUT2D eigenvalue weighted by atomic mass is 10.2. The summed E-state index contributed by atoms with van der Waals surface area (Å²) in [5.74, 6) is -0.205. The number of amides is 2. The van der Waals surface area contributed by atoms with Gasteiger partial charge in [0, 0.05) is 5.56 Å². The monoisotopic (exact) mass is 361 g/mol. The van der Waals surface area contributed by atoms with E-state index in [2.05, 4.69) is 10.5 Å². The molecule has 0 saturated heterocycles. The van der Waals surface area contributed by atoms with Gasteiger partial charge in [0.15, 0.2) is 13.2 Å². The first-order valence-corrected chi connectivity index (χ1v) is 7.63. The normalized spacial score (nSPS) is 10.4. The predicted molar refractivity (Wildman–Crippen MR) is 93.8 cm³/mol. The molecule has 0 aliphatic rings. The number of benzene rings is 2.